The molecule has 3 aliphatic rings. The largest absolute Gasteiger partial charge is 0.348 e. The normalized spacial score (nSPS) is 22.2. The molecule has 2 fully saturated rings. The summed E-state index contributed by atoms with van der Waals surface area (Å²) in [5, 5.41) is 1.17. The third-order valence-electron chi connectivity index (χ3n) is 7.71. The van der Waals surface area contributed by atoms with E-state index < -0.39 is 0 Å². The highest BCUT2D eigenvalue weighted by atomic mass is 35.5. The highest BCUT2D eigenvalue weighted by molar-refractivity contribution is 6.36. The van der Waals surface area contributed by atoms with Crippen molar-refractivity contribution in [2.45, 2.75) is 51.0 Å². The number of nitrogens with zero attached hydrogens (tertiary/aromatic N) is 5. The number of aromatic nitrogens is 4. The van der Waals surface area contributed by atoms with Crippen molar-refractivity contribution in [3.63, 3.8) is 0 Å². The van der Waals surface area contributed by atoms with Crippen molar-refractivity contribution in [1.29, 1.82) is 0 Å². The molecule has 0 spiro atoms. The summed E-state index contributed by atoms with van der Waals surface area (Å²) in [4.78, 5) is 34.3. The Morgan fingerprint density at radius 3 is 2.46 bits per heavy atom. The van der Waals surface area contributed by atoms with E-state index in [2.05, 4.69) is 29.7 Å². The van der Waals surface area contributed by atoms with Gasteiger partial charge in [-0.3, -0.25) is 4.79 Å². The number of halogens is 2. The molecule has 2 atom stereocenters. The number of carbonyl (C=O) groups excluding carboxylic acids is 1. The van der Waals surface area contributed by atoms with E-state index >= 15 is 0 Å². The zero-order valence-electron chi connectivity index (χ0n) is 19.5. The molecule has 3 aromatic rings. The van der Waals surface area contributed by atoms with E-state index in [4.69, 9.17) is 23.2 Å². The fraction of sp³-hybridized carbons (Fsp3) is 0.462. The number of hydrogen-bond donors (Lipinski definition) is 1. The second-order valence-corrected chi connectivity index (χ2v) is 10.6. The molecular formula is C26H28Cl2N6O. The highest BCUT2D eigenvalue weighted by Gasteiger charge is 2.38. The van der Waals surface area contributed by atoms with Gasteiger partial charge >= 0.3 is 0 Å². The quantitative estimate of drug-likeness (QED) is 0.537. The van der Waals surface area contributed by atoms with Crippen LogP contribution in [-0.4, -0.2) is 56.4 Å². The first-order valence-corrected chi connectivity index (χ1v) is 13.2. The van der Waals surface area contributed by atoms with Crippen LogP contribution in [0.4, 0.5) is 5.95 Å². The van der Waals surface area contributed by atoms with Gasteiger partial charge in [0, 0.05) is 71.7 Å². The molecule has 7 nitrogen and oxygen atoms in total. The van der Waals surface area contributed by atoms with Crippen molar-refractivity contribution in [2.75, 3.05) is 24.5 Å². The van der Waals surface area contributed by atoms with E-state index in [9.17, 15) is 4.79 Å². The van der Waals surface area contributed by atoms with Crippen LogP contribution in [0.15, 0.2) is 30.9 Å². The van der Waals surface area contributed by atoms with E-state index in [1.165, 1.54) is 12.8 Å². The van der Waals surface area contributed by atoms with Crippen LogP contribution in [0.25, 0.3) is 11.1 Å². The number of carbonyl (C=O) groups is 1. The summed E-state index contributed by atoms with van der Waals surface area (Å²) >= 11 is 13.4. The maximum Gasteiger partial charge on any atom is 0.226 e. The standard InChI is InChI=1S/C26H28Cl2N6O/c27-21-10-17(18-13-29-26(30-14-18)33-6-1-2-7-33)11-22(28)20(21)9-16-5-8-34(25(16)35)19-3-4-23-24(12-19)32-15-31-23/h10-11,13-16,19H,1-9,12H2,(H,31,32). The number of rotatable bonds is 5. The first-order chi connectivity index (χ1) is 17.1. The molecule has 2 unspecified atom stereocenters. The number of likely N-dealkylation sites (tertiary alicyclic amines) is 1. The van der Waals surface area contributed by atoms with E-state index in [0.717, 1.165) is 79.3 Å². The van der Waals surface area contributed by atoms with E-state index in [0.29, 0.717) is 16.5 Å². The molecule has 1 aromatic carbocycles. The molecule has 0 bridgehead atoms. The molecule has 2 saturated heterocycles. The number of imidazole rings is 1. The maximum absolute atomic E-state index is 13.3. The zero-order chi connectivity index (χ0) is 23.9. The van der Waals surface area contributed by atoms with Gasteiger partial charge in [-0.15, -0.1) is 0 Å². The minimum Gasteiger partial charge on any atom is -0.348 e. The van der Waals surface area contributed by atoms with Gasteiger partial charge in [0.2, 0.25) is 11.9 Å². The van der Waals surface area contributed by atoms with Crippen molar-refractivity contribution >= 4 is 35.1 Å². The lowest BCUT2D eigenvalue weighted by atomic mass is 9.94. The number of fused-ring (bicyclic) bond motifs is 1. The molecule has 1 aliphatic carbocycles. The third kappa shape index (κ3) is 4.40. The van der Waals surface area contributed by atoms with Gasteiger partial charge in [0.1, 0.15) is 0 Å². The lowest BCUT2D eigenvalue weighted by Gasteiger charge is -2.31. The highest BCUT2D eigenvalue weighted by Crippen LogP contribution is 2.36. The van der Waals surface area contributed by atoms with Crippen LogP contribution in [-0.2, 0) is 24.1 Å². The average Bonchev–Trinajstić information content (AvgIpc) is 3.63. The lowest BCUT2D eigenvalue weighted by molar-refractivity contribution is -0.133. The van der Waals surface area contributed by atoms with E-state index in [1.807, 2.05) is 24.5 Å². The minimum atomic E-state index is -0.0953. The Kier molecular flexibility index (Phi) is 6.14. The average molecular weight is 511 g/mol. The van der Waals surface area contributed by atoms with Crippen LogP contribution in [0.1, 0.15) is 42.6 Å². The molecule has 2 aliphatic heterocycles. The van der Waals surface area contributed by atoms with Crippen LogP contribution < -0.4 is 4.90 Å². The second-order valence-electron chi connectivity index (χ2n) is 9.83. The zero-order valence-corrected chi connectivity index (χ0v) is 21.0. The van der Waals surface area contributed by atoms with Crippen LogP contribution in [0.5, 0.6) is 0 Å². The molecular weight excluding hydrogens is 483 g/mol. The molecule has 0 radical (unpaired) electrons. The fourth-order valence-electron chi connectivity index (χ4n) is 5.73. The Morgan fingerprint density at radius 2 is 1.71 bits per heavy atom. The first kappa shape index (κ1) is 22.8. The molecule has 9 heteroatoms. The van der Waals surface area contributed by atoms with Crippen molar-refractivity contribution in [1.82, 2.24) is 24.8 Å². The van der Waals surface area contributed by atoms with Crippen LogP contribution in [0.2, 0.25) is 10.0 Å². The van der Waals surface area contributed by atoms with E-state index in [1.54, 1.807) is 6.33 Å². The van der Waals surface area contributed by atoms with Gasteiger partial charge in [0.15, 0.2) is 0 Å². The molecule has 35 heavy (non-hydrogen) atoms. The minimum absolute atomic E-state index is 0.0953. The molecule has 4 heterocycles. The van der Waals surface area contributed by atoms with E-state index in [-0.39, 0.29) is 17.9 Å². The topological polar surface area (TPSA) is 78.0 Å². The van der Waals surface area contributed by atoms with Crippen LogP contribution in [0, 0.1) is 5.92 Å². The van der Waals surface area contributed by atoms with Crippen molar-refractivity contribution in [3.05, 3.63) is 57.9 Å². The summed E-state index contributed by atoms with van der Waals surface area (Å²) in [6.45, 7) is 2.80. The Labute approximate surface area is 214 Å². The number of benzene rings is 1. The number of amides is 1. The smallest absolute Gasteiger partial charge is 0.226 e. The molecule has 6 rings (SSSR count). The number of hydrogen-bond acceptors (Lipinski definition) is 5. The number of H-pyrrole nitrogens is 1. The number of aryl methyl sites for hydroxylation is 1. The molecule has 1 N–H and O–H groups in total. The predicted molar refractivity (Wildman–Crippen MR) is 137 cm³/mol. The summed E-state index contributed by atoms with van der Waals surface area (Å²) in [7, 11) is 0. The van der Waals surface area contributed by atoms with Crippen LogP contribution >= 0.6 is 23.2 Å². The Morgan fingerprint density at radius 1 is 0.971 bits per heavy atom. The number of nitrogens with one attached hydrogen (secondary N) is 1. The SMILES string of the molecule is O=C1C(Cc2c(Cl)cc(-c3cnc(N4CCCC4)nc3)cc2Cl)CCN1C1CCc2nc[nH]c2C1. The van der Waals surface area contributed by atoms with Gasteiger partial charge in [0.05, 0.1) is 12.0 Å². The lowest BCUT2D eigenvalue weighted by Crippen LogP contribution is -2.41. The molecule has 1 amide bonds. The number of aromatic amines is 1. The van der Waals surface area contributed by atoms with Crippen molar-refractivity contribution in [2.24, 2.45) is 5.92 Å². The Hall–Kier alpha value is -2.64. The Balaban J connectivity index is 1.15. The second kappa shape index (κ2) is 9.43. The monoisotopic (exact) mass is 510 g/mol. The fourth-order valence-corrected chi connectivity index (χ4v) is 6.37. The van der Waals surface area contributed by atoms with Crippen molar-refractivity contribution in [3.8, 4) is 11.1 Å². The van der Waals surface area contributed by atoms with Gasteiger partial charge in [-0.05, 0) is 61.8 Å². The summed E-state index contributed by atoms with van der Waals surface area (Å²) in [6, 6.07) is 4.06. The maximum atomic E-state index is 13.3. The molecule has 182 valence electrons. The first-order valence-electron chi connectivity index (χ1n) is 12.4. The van der Waals surface area contributed by atoms with Crippen molar-refractivity contribution < 1.29 is 4.79 Å². The number of anilines is 1. The van der Waals surface area contributed by atoms with Crippen LogP contribution in [0.3, 0.4) is 0 Å². The van der Waals surface area contributed by atoms with Gasteiger partial charge in [-0.25, -0.2) is 15.0 Å². The van der Waals surface area contributed by atoms with Gasteiger partial charge in [0.25, 0.3) is 0 Å². The summed E-state index contributed by atoms with van der Waals surface area (Å²) < 4.78 is 0. The molecule has 2 aromatic heterocycles. The molecule has 0 saturated carbocycles. The predicted octanol–water partition coefficient (Wildman–Crippen LogP) is 4.72. The summed E-state index contributed by atoms with van der Waals surface area (Å²) in [5.74, 6) is 0.883. The summed E-state index contributed by atoms with van der Waals surface area (Å²) in [5.41, 5.74) is 4.90. The van der Waals surface area contributed by atoms with Gasteiger partial charge < -0.3 is 14.8 Å². The Bertz CT molecular complexity index is 1210. The summed E-state index contributed by atoms with van der Waals surface area (Å²) in [6.07, 6.45) is 11.9. The van der Waals surface area contributed by atoms with Gasteiger partial charge in [-0.2, -0.15) is 0 Å². The van der Waals surface area contributed by atoms with Gasteiger partial charge in [-0.1, -0.05) is 23.2 Å². The third-order valence-corrected chi connectivity index (χ3v) is 8.38.